The molecule has 2 heterocycles. The van der Waals surface area contributed by atoms with Crippen LogP contribution < -0.4 is 0 Å². The molecule has 1 aliphatic heterocycles. The van der Waals surface area contributed by atoms with Gasteiger partial charge in [-0.05, 0) is 19.3 Å². The van der Waals surface area contributed by atoms with E-state index in [2.05, 4.69) is 5.10 Å². The van der Waals surface area contributed by atoms with Crippen molar-refractivity contribution in [2.24, 2.45) is 0 Å². The number of rotatable bonds is 6. The van der Waals surface area contributed by atoms with E-state index in [0.717, 1.165) is 6.20 Å². The van der Waals surface area contributed by atoms with Gasteiger partial charge < -0.3 is 14.9 Å². The van der Waals surface area contributed by atoms with Gasteiger partial charge in [0.05, 0.1) is 4.92 Å². The minimum Gasteiger partial charge on any atom is -0.480 e. The summed E-state index contributed by atoms with van der Waals surface area (Å²) in [5.74, 6) is -1.60. The van der Waals surface area contributed by atoms with Gasteiger partial charge in [-0.15, -0.1) is 0 Å². The summed E-state index contributed by atoms with van der Waals surface area (Å²) in [6, 6.07) is -0.229. The number of nitro groups is 1. The normalized spacial score (nSPS) is 17.4. The summed E-state index contributed by atoms with van der Waals surface area (Å²) in [5, 5.41) is 23.4. The maximum atomic E-state index is 12.4. The van der Waals surface area contributed by atoms with Crippen molar-refractivity contribution >= 4 is 23.5 Å². The van der Waals surface area contributed by atoms with Gasteiger partial charge in [-0.3, -0.25) is 29.2 Å². The number of hydrogen-bond acceptors (Lipinski definition) is 6. The second-order valence-electron chi connectivity index (χ2n) is 6.16. The molecule has 0 radical (unpaired) electrons. The average molecular weight is 367 g/mol. The van der Waals surface area contributed by atoms with Crippen LogP contribution in [0.25, 0.3) is 0 Å². The first kappa shape index (κ1) is 19.3. The molecule has 0 bridgehead atoms. The third kappa shape index (κ3) is 5.01. The molecule has 11 heteroatoms. The Morgan fingerprint density at radius 1 is 1.38 bits per heavy atom. The average Bonchev–Trinajstić information content (AvgIpc) is 2.88. The lowest BCUT2D eigenvalue weighted by molar-refractivity contribution is -0.385. The van der Waals surface area contributed by atoms with Crippen molar-refractivity contribution in [3.63, 3.8) is 0 Å². The maximum absolute atomic E-state index is 12.4. The second kappa shape index (κ2) is 8.41. The Labute approximate surface area is 149 Å². The largest absolute Gasteiger partial charge is 0.480 e. The first-order valence-corrected chi connectivity index (χ1v) is 8.21. The number of aromatic nitrogens is 2. The highest BCUT2D eigenvalue weighted by molar-refractivity contribution is 5.80. The summed E-state index contributed by atoms with van der Waals surface area (Å²) in [6.45, 7) is 1.74. The predicted molar refractivity (Wildman–Crippen MR) is 88.1 cm³/mol. The topological polar surface area (TPSA) is 139 Å². The lowest BCUT2D eigenvalue weighted by atomic mass is 10.1. The molecule has 1 aliphatic rings. The van der Waals surface area contributed by atoms with Crippen molar-refractivity contribution in [3.05, 3.63) is 22.5 Å². The summed E-state index contributed by atoms with van der Waals surface area (Å²) in [4.78, 5) is 48.1. The predicted octanol–water partition coefficient (Wildman–Crippen LogP) is 0.106. The quantitative estimate of drug-likeness (QED) is 0.556. The molecule has 1 unspecified atom stereocenters. The Morgan fingerprint density at radius 3 is 2.69 bits per heavy atom. The maximum Gasteiger partial charge on any atom is 0.323 e. The smallest absolute Gasteiger partial charge is 0.323 e. The summed E-state index contributed by atoms with van der Waals surface area (Å²) >= 11 is 0. The minimum absolute atomic E-state index is 0.107. The third-order valence-corrected chi connectivity index (χ3v) is 4.33. The van der Waals surface area contributed by atoms with Gasteiger partial charge in [-0.1, -0.05) is 0 Å². The number of nitrogens with zero attached hydrogens (tertiary/aromatic N) is 5. The van der Waals surface area contributed by atoms with E-state index < -0.39 is 10.9 Å². The molecule has 26 heavy (non-hydrogen) atoms. The van der Waals surface area contributed by atoms with Gasteiger partial charge in [0, 0.05) is 26.1 Å². The molecule has 2 amide bonds. The number of likely N-dealkylation sites (tertiary alicyclic amines) is 1. The van der Waals surface area contributed by atoms with E-state index in [-0.39, 0.29) is 36.6 Å². The van der Waals surface area contributed by atoms with Crippen molar-refractivity contribution in [1.29, 1.82) is 0 Å². The van der Waals surface area contributed by atoms with Crippen LogP contribution in [-0.4, -0.2) is 73.1 Å². The van der Waals surface area contributed by atoms with Gasteiger partial charge in [0.15, 0.2) is 0 Å². The first-order valence-electron chi connectivity index (χ1n) is 8.21. The highest BCUT2D eigenvalue weighted by Crippen LogP contribution is 2.18. The molecule has 0 saturated carbocycles. The molecule has 142 valence electrons. The molecule has 0 aliphatic carbocycles. The van der Waals surface area contributed by atoms with Crippen LogP contribution in [0, 0.1) is 10.1 Å². The number of carboxylic acids is 1. The van der Waals surface area contributed by atoms with Gasteiger partial charge in [-0.2, -0.15) is 5.10 Å². The first-order chi connectivity index (χ1) is 12.3. The highest BCUT2D eigenvalue weighted by atomic mass is 16.6. The molecular weight excluding hydrogens is 346 g/mol. The number of carbonyl (C=O) groups excluding carboxylic acids is 2. The lowest BCUT2D eigenvalue weighted by Gasteiger charge is -2.28. The van der Waals surface area contributed by atoms with E-state index in [9.17, 15) is 24.5 Å². The van der Waals surface area contributed by atoms with Crippen LogP contribution in [0.15, 0.2) is 12.4 Å². The van der Waals surface area contributed by atoms with Crippen molar-refractivity contribution in [3.8, 4) is 0 Å². The molecule has 1 aromatic heterocycles. The SMILES string of the molecule is CC(=O)N(CC(=O)O)C1CCCN(C(=O)Cn2cc([N+](=O)[O-])cn2)CC1. The molecule has 1 saturated heterocycles. The van der Waals surface area contributed by atoms with E-state index in [4.69, 9.17) is 5.11 Å². The molecule has 1 fully saturated rings. The minimum atomic E-state index is -1.07. The van der Waals surface area contributed by atoms with Crippen LogP contribution in [0.4, 0.5) is 5.69 Å². The molecule has 0 spiro atoms. The fourth-order valence-electron chi connectivity index (χ4n) is 3.06. The number of amides is 2. The molecule has 2 rings (SSSR count). The van der Waals surface area contributed by atoms with Gasteiger partial charge in [0.2, 0.25) is 11.8 Å². The molecule has 1 N–H and O–H groups in total. The Kier molecular flexibility index (Phi) is 6.26. The van der Waals surface area contributed by atoms with Crippen LogP contribution in [0.1, 0.15) is 26.2 Å². The van der Waals surface area contributed by atoms with Gasteiger partial charge >= 0.3 is 11.7 Å². The number of hydrogen-bond donors (Lipinski definition) is 1. The fourth-order valence-corrected chi connectivity index (χ4v) is 3.06. The van der Waals surface area contributed by atoms with Crippen molar-refractivity contribution < 1.29 is 24.4 Å². The Hall–Kier alpha value is -2.98. The van der Waals surface area contributed by atoms with E-state index in [1.807, 2.05) is 0 Å². The molecule has 1 atom stereocenters. The van der Waals surface area contributed by atoms with Gasteiger partial charge in [-0.25, -0.2) is 0 Å². The Bertz CT molecular complexity index is 702. The monoisotopic (exact) mass is 367 g/mol. The second-order valence-corrected chi connectivity index (χ2v) is 6.16. The number of carboxylic acid groups (broad SMARTS) is 1. The number of aliphatic carboxylic acids is 1. The lowest BCUT2D eigenvalue weighted by Crippen LogP contribution is -2.43. The van der Waals surface area contributed by atoms with Crippen LogP contribution in [0.2, 0.25) is 0 Å². The summed E-state index contributed by atoms with van der Waals surface area (Å²) < 4.78 is 1.22. The molecule has 11 nitrogen and oxygen atoms in total. The van der Waals surface area contributed by atoms with Gasteiger partial charge in [0.1, 0.15) is 25.5 Å². The highest BCUT2D eigenvalue weighted by Gasteiger charge is 2.27. The zero-order valence-corrected chi connectivity index (χ0v) is 14.4. The zero-order chi connectivity index (χ0) is 19.3. The molecule has 0 aromatic carbocycles. The zero-order valence-electron chi connectivity index (χ0n) is 14.4. The van der Waals surface area contributed by atoms with Crippen LogP contribution >= 0.6 is 0 Å². The molecule has 1 aromatic rings. The summed E-state index contributed by atoms with van der Waals surface area (Å²) in [5.41, 5.74) is -0.181. The Morgan fingerprint density at radius 2 is 2.12 bits per heavy atom. The third-order valence-electron chi connectivity index (χ3n) is 4.33. The molecular formula is C15H21N5O6. The van der Waals surface area contributed by atoms with Crippen molar-refractivity contribution in [2.45, 2.75) is 38.8 Å². The Balaban J connectivity index is 1.95. The van der Waals surface area contributed by atoms with E-state index in [1.54, 1.807) is 4.90 Å². The van der Waals surface area contributed by atoms with Crippen LogP contribution in [0.3, 0.4) is 0 Å². The fraction of sp³-hybridized carbons (Fsp3) is 0.600. The standard InChI is InChI=1S/C15H21N5O6/c1-11(21)19(10-15(23)24)12-3-2-5-17(6-4-12)14(22)9-18-8-13(7-16-18)20(25)26/h7-8,12H,2-6,9-10H2,1H3,(H,23,24). The van der Waals surface area contributed by atoms with Crippen LogP contribution in [0.5, 0.6) is 0 Å². The van der Waals surface area contributed by atoms with Crippen molar-refractivity contribution in [1.82, 2.24) is 19.6 Å². The van der Waals surface area contributed by atoms with E-state index in [1.165, 1.54) is 22.7 Å². The van der Waals surface area contributed by atoms with Crippen molar-refractivity contribution in [2.75, 3.05) is 19.6 Å². The summed E-state index contributed by atoms with van der Waals surface area (Å²) in [6.07, 6.45) is 4.02. The number of carbonyl (C=O) groups is 3. The summed E-state index contributed by atoms with van der Waals surface area (Å²) in [7, 11) is 0. The van der Waals surface area contributed by atoms with E-state index in [0.29, 0.717) is 32.4 Å². The van der Waals surface area contributed by atoms with Gasteiger partial charge in [0.25, 0.3) is 0 Å². The van der Waals surface area contributed by atoms with E-state index >= 15 is 0 Å². The van der Waals surface area contributed by atoms with Crippen LogP contribution in [-0.2, 0) is 20.9 Å².